The fourth-order valence-electron chi connectivity index (χ4n) is 5.62. The molecule has 0 radical (unpaired) electrons. The van der Waals surface area contributed by atoms with Crippen molar-refractivity contribution >= 4 is 38.6 Å². The molecular formula is C29H35F3N6O4S. The molecule has 1 saturated carbocycles. The van der Waals surface area contributed by atoms with Gasteiger partial charge in [-0.3, -0.25) is 4.79 Å². The minimum absolute atomic E-state index is 0.0785. The van der Waals surface area contributed by atoms with Crippen LogP contribution >= 0.6 is 0 Å². The SMILES string of the molecule is CC(=O)N1CCN(c2nc(NCC3CCC(CNS(=O)(=O)c4ccc(OC(F)(F)F)cc4)CC3)nc3ccccc23)CC1. The Kier molecular flexibility index (Phi) is 9.25. The number of sulfonamides is 1. The van der Waals surface area contributed by atoms with Crippen molar-refractivity contribution in [2.75, 3.05) is 49.5 Å². The molecule has 14 heteroatoms. The Labute approximate surface area is 248 Å². The maximum Gasteiger partial charge on any atom is 0.573 e. The second-order valence-corrected chi connectivity index (χ2v) is 12.8. The first-order chi connectivity index (χ1) is 20.5. The van der Waals surface area contributed by atoms with Crippen molar-refractivity contribution in [1.82, 2.24) is 19.6 Å². The van der Waals surface area contributed by atoms with Crippen molar-refractivity contribution in [1.29, 1.82) is 0 Å². The molecule has 3 aromatic rings. The van der Waals surface area contributed by atoms with Crippen LogP contribution in [-0.4, -0.2) is 74.8 Å². The third-order valence-electron chi connectivity index (χ3n) is 8.05. The summed E-state index contributed by atoms with van der Waals surface area (Å²) >= 11 is 0. The molecule has 43 heavy (non-hydrogen) atoms. The summed E-state index contributed by atoms with van der Waals surface area (Å²) in [5, 5.41) is 4.39. The van der Waals surface area contributed by atoms with E-state index in [1.165, 1.54) is 0 Å². The third-order valence-corrected chi connectivity index (χ3v) is 9.49. The van der Waals surface area contributed by atoms with Crippen LogP contribution in [0.5, 0.6) is 5.75 Å². The number of ether oxygens (including phenoxy) is 1. The van der Waals surface area contributed by atoms with E-state index >= 15 is 0 Å². The lowest BCUT2D eigenvalue weighted by atomic mass is 9.82. The van der Waals surface area contributed by atoms with E-state index in [9.17, 15) is 26.4 Å². The van der Waals surface area contributed by atoms with E-state index in [2.05, 4.69) is 19.7 Å². The second-order valence-electron chi connectivity index (χ2n) is 11.0. The Morgan fingerprint density at radius 1 is 0.930 bits per heavy atom. The van der Waals surface area contributed by atoms with Crippen LogP contribution in [0.3, 0.4) is 0 Å². The van der Waals surface area contributed by atoms with Gasteiger partial charge in [0.1, 0.15) is 11.6 Å². The summed E-state index contributed by atoms with van der Waals surface area (Å²) in [5.41, 5.74) is 0.850. The minimum Gasteiger partial charge on any atom is -0.406 e. The third kappa shape index (κ3) is 8.05. The number of para-hydroxylation sites is 1. The number of hydrogen-bond acceptors (Lipinski definition) is 8. The van der Waals surface area contributed by atoms with Crippen LogP contribution in [-0.2, 0) is 14.8 Å². The molecular weight excluding hydrogens is 585 g/mol. The molecule has 5 rings (SSSR count). The molecule has 2 aromatic carbocycles. The van der Waals surface area contributed by atoms with Gasteiger partial charge >= 0.3 is 6.36 Å². The quantitative estimate of drug-likeness (QED) is 0.362. The molecule has 10 nitrogen and oxygen atoms in total. The number of alkyl halides is 3. The van der Waals surface area contributed by atoms with Crippen molar-refractivity contribution in [3.05, 3.63) is 48.5 Å². The number of hydrogen-bond donors (Lipinski definition) is 2. The number of piperazine rings is 1. The van der Waals surface area contributed by atoms with Crippen LogP contribution in [0.1, 0.15) is 32.6 Å². The van der Waals surface area contributed by atoms with Gasteiger partial charge in [0.15, 0.2) is 0 Å². The van der Waals surface area contributed by atoms with Crippen molar-refractivity contribution in [3.63, 3.8) is 0 Å². The lowest BCUT2D eigenvalue weighted by Gasteiger charge is -2.35. The lowest BCUT2D eigenvalue weighted by Crippen LogP contribution is -2.48. The molecule has 0 unspecified atom stereocenters. The Bertz CT molecular complexity index is 1520. The van der Waals surface area contributed by atoms with Crippen LogP contribution < -0.4 is 19.7 Å². The molecule has 0 atom stereocenters. The molecule has 0 spiro atoms. The monoisotopic (exact) mass is 620 g/mol. The number of fused-ring (bicyclic) bond motifs is 1. The summed E-state index contributed by atoms with van der Waals surface area (Å²) in [6, 6.07) is 12.1. The highest BCUT2D eigenvalue weighted by Gasteiger charge is 2.31. The topological polar surface area (TPSA) is 117 Å². The smallest absolute Gasteiger partial charge is 0.406 e. The zero-order valence-electron chi connectivity index (χ0n) is 23.8. The average molecular weight is 621 g/mol. The van der Waals surface area contributed by atoms with Crippen molar-refractivity contribution < 1.29 is 31.1 Å². The predicted molar refractivity (Wildman–Crippen MR) is 156 cm³/mol. The number of benzene rings is 2. The van der Waals surface area contributed by atoms with Gasteiger partial charge in [0, 0.05) is 51.6 Å². The summed E-state index contributed by atoms with van der Waals surface area (Å²) < 4.78 is 68.8. The normalized spacial score (nSPS) is 19.8. The van der Waals surface area contributed by atoms with E-state index < -0.39 is 22.1 Å². The van der Waals surface area contributed by atoms with Crippen LogP contribution in [0.25, 0.3) is 10.9 Å². The largest absolute Gasteiger partial charge is 0.573 e. The van der Waals surface area contributed by atoms with Crippen LogP contribution in [0, 0.1) is 11.8 Å². The Balaban J connectivity index is 1.12. The van der Waals surface area contributed by atoms with Gasteiger partial charge in [-0.1, -0.05) is 12.1 Å². The van der Waals surface area contributed by atoms with Crippen molar-refractivity contribution in [3.8, 4) is 5.75 Å². The highest BCUT2D eigenvalue weighted by atomic mass is 32.2. The fourth-order valence-corrected chi connectivity index (χ4v) is 6.74. The van der Waals surface area contributed by atoms with E-state index in [1.54, 1.807) is 6.92 Å². The van der Waals surface area contributed by atoms with Crippen LogP contribution in [0.4, 0.5) is 24.9 Å². The number of amides is 1. The standard InChI is InChI=1S/C29H35F3N6O4S/c1-20(39)37-14-16-38(17-15-37)27-25-4-2-3-5-26(25)35-28(36-27)33-18-21-6-8-22(9-7-21)19-34-43(40,41)24-12-10-23(11-13-24)42-29(30,31)32/h2-5,10-13,21-22,34H,6-9,14-19H2,1H3,(H,33,35,36). The summed E-state index contributed by atoms with van der Waals surface area (Å²) in [4.78, 5) is 25.3. The van der Waals surface area contributed by atoms with Crippen LogP contribution in [0.15, 0.2) is 53.4 Å². The molecule has 2 heterocycles. The van der Waals surface area contributed by atoms with Gasteiger partial charge < -0.3 is 19.9 Å². The highest BCUT2D eigenvalue weighted by molar-refractivity contribution is 7.89. The number of nitrogens with zero attached hydrogens (tertiary/aromatic N) is 4. The first kappa shape index (κ1) is 30.8. The fraction of sp³-hybridized carbons (Fsp3) is 0.483. The average Bonchev–Trinajstić information content (AvgIpc) is 2.98. The molecule has 0 bridgehead atoms. The number of rotatable bonds is 9. The molecule has 1 aliphatic carbocycles. The summed E-state index contributed by atoms with van der Waals surface area (Å²) in [5.74, 6) is 1.56. The van der Waals surface area contributed by atoms with E-state index in [0.29, 0.717) is 44.6 Å². The maximum absolute atomic E-state index is 12.7. The van der Waals surface area contributed by atoms with Crippen LogP contribution in [0.2, 0.25) is 0 Å². The van der Waals surface area contributed by atoms with Gasteiger partial charge in [0.2, 0.25) is 21.9 Å². The zero-order valence-corrected chi connectivity index (χ0v) is 24.6. The molecule has 2 aliphatic rings. The molecule has 232 valence electrons. The Morgan fingerprint density at radius 2 is 1.56 bits per heavy atom. The molecule has 1 aliphatic heterocycles. The number of nitrogens with one attached hydrogen (secondary N) is 2. The summed E-state index contributed by atoms with van der Waals surface area (Å²) in [6.07, 6.45) is -1.33. The Morgan fingerprint density at radius 3 is 2.19 bits per heavy atom. The number of carbonyl (C=O) groups excluding carboxylic acids is 1. The first-order valence-electron chi connectivity index (χ1n) is 14.3. The van der Waals surface area contributed by atoms with E-state index in [-0.39, 0.29) is 23.3 Å². The van der Waals surface area contributed by atoms with Crippen molar-refractivity contribution in [2.45, 2.75) is 43.9 Å². The molecule has 1 saturated heterocycles. The summed E-state index contributed by atoms with van der Waals surface area (Å²) in [6.45, 7) is 5.25. The van der Waals surface area contributed by atoms with Gasteiger partial charge in [-0.25, -0.2) is 18.1 Å². The molecule has 2 fully saturated rings. The summed E-state index contributed by atoms with van der Waals surface area (Å²) in [7, 11) is -3.86. The molecule has 1 amide bonds. The second kappa shape index (κ2) is 12.9. The van der Waals surface area contributed by atoms with Gasteiger partial charge in [0.05, 0.1) is 10.4 Å². The number of aromatic nitrogens is 2. The number of halogens is 3. The first-order valence-corrected chi connectivity index (χ1v) is 15.8. The highest BCUT2D eigenvalue weighted by Crippen LogP contribution is 2.31. The van der Waals surface area contributed by atoms with E-state index in [4.69, 9.17) is 9.97 Å². The van der Waals surface area contributed by atoms with E-state index in [0.717, 1.165) is 66.7 Å². The maximum atomic E-state index is 12.7. The number of anilines is 2. The van der Waals surface area contributed by atoms with Crippen molar-refractivity contribution in [2.24, 2.45) is 11.8 Å². The van der Waals surface area contributed by atoms with Gasteiger partial charge in [0.25, 0.3) is 0 Å². The Hall–Kier alpha value is -3.65. The van der Waals surface area contributed by atoms with E-state index in [1.807, 2.05) is 29.2 Å². The van der Waals surface area contributed by atoms with Gasteiger partial charge in [-0.05, 0) is 73.9 Å². The van der Waals surface area contributed by atoms with Gasteiger partial charge in [-0.15, -0.1) is 13.2 Å². The lowest BCUT2D eigenvalue weighted by molar-refractivity contribution is -0.274. The molecule has 1 aromatic heterocycles. The minimum atomic E-state index is -4.84. The van der Waals surface area contributed by atoms with Gasteiger partial charge in [-0.2, -0.15) is 4.98 Å². The number of carbonyl (C=O) groups is 1. The zero-order chi connectivity index (χ0) is 30.6. The molecule has 2 N–H and O–H groups in total. The predicted octanol–water partition coefficient (Wildman–Crippen LogP) is 4.39.